The Bertz CT molecular complexity index is 849. The molecule has 4 nitrogen and oxygen atoms in total. The predicted molar refractivity (Wildman–Crippen MR) is 103 cm³/mol. The van der Waals surface area contributed by atoms with E-state index in [9.17, 15) is 0 Å². The molecule has 126 valence electrons. The summed E-state index contributed by atoms with van der Waals surface area (Å²) >= 11 is 4.34. The molecule has 0 saturated heterocycles. The van der Waals surface area contributed by atoms with Crippen molar-refractivity contribution in [1.82, 2.24) is 14.9 Å². The third-order valence-corrected chi connectivity index (χ3v) is 4.76. The van der Waals surface area contributed by atoms with Crippen LogP contribution in [0.5, 0.6) is 0 Å². The minimum atomic E-state index is 0.859. The van der Waals surface area contributed by atoms with Crippen LogP contribution in [0.3, 0.4) is 0 Å². The smallest absolute Gasteiger partial charge is 0.138 e. The molecular weight excluding hydrogens is 328 g/mol. The number of rotatable bonds is 4. The van der Waals surface area contributed by atoms with E-state index in [1.165, 1.54) is 11.1 Å². The molecule has 2 aromatic carbocycles. The Morgan fingerprint density at radius 3 is 2.60 bits per heavy atom. The summed E-state index contributed by atoms with van der Waals surface area (Å²) in [6, 6.07) is 18.6. The van der Waals surface area contributed by atoms with Gasteiger partial charge >= 0.3 is 0 Å². The van der Waals surface area contributed by atoms with Gasteiger partial charge in [-0.3, -0.25) is 4.90 Å². The lowest BCUT2D eigenvalue weighted by atomic mass is 10.0. The molecule has 0 radical (unpaired) electrons. The second-order valence-electron chi connectivity index (χ2n) is 6.27. The molecule has 0 unspecified atom stereocenters. The van der Waals surface area contributed by atoms with Gasteiger partial charge in [0.15, 0.2) is 0 Å². The van der Waals surface area contributed by atoms with Gasteiger partial charge in [0, 0.05) is 42.2 Å². The van der Waals surface area contributed by atoms with Crippen molar-refractivity contribution in [2.45, 2.75) is 24.4 Å². The van der Waals surface area contributed by atoms with Gasteiger partial charge in [-0.1, -0.05) is 30.3 Å². The zero-order chi connectivity index (χ0) is 17.1. The Labute approximate surface area is 153 Å². The third-order valence-electron chi connectivity index (χ3n) is 4.46. The number of hydrogen-bond acceptors (Lipinski definition) is 5. The van der Waals surface area contributed by atoms with Crippen LogP contribution in [0.4, 0.5) is 11.5 Å². The highest BCUT2D eigenvalue weighted by Gasteiger charge is 2.21. The Morgan fingerprint density at radius 1 is 1.00 bits per heavy atom. The topological polar surface area (TPSA) is 41.1 Å². The van der Waals surface area contributed by atoms with E-state index < -0.39 is 0 Å². The first-order chi connectivity index (χ1) is 12.3. The number of aromatic nitrogens is 2. The summed E-state index contributed by atoms with van der Waals surface area (Å²) in [5.41, 5.74) is 4.69. The van der Waals surface area contributed by atoms with Gasteiger partial charge in [0.1, 0.15) is 12.1 Å². The van der Waals surface area contributed by atoms with Crippen LogP contribution in [0.15, 0.2) is 65.8 Å². The van der Waals surface area contributed by atoms with Crippen molar-refractivity contribution < 1.29 is 0 Å². The zero-order valence-corrected chi connectivity index (χ0v) is 14.8. The van der Waals surface area contributed by atoms with Gasteiger partial charge in [-0.25, -0.2) is 9.97 Å². The second-order valence-corrected chi connectivity index (χ2v) is 6.78. The van der Waals surface area contributed by atoms with Crippen LogP contribution in [-0.2, 0) is 19.5 Å². The predicted octanol–water partition coefficient (Wildman–Crippen LogP) is 4.07. The molecule has 4 rings (SSSR count). The quantitative estimate of drug-likeness (QED) is 0.698. The SMILES string of the molecule is Sc1ccc(Nc2ncnc3c2CN(Cc2ccccc2)CC3)cc1. The molecule has 1 aromatic heterocycles. The fourth-order valence-corrected chi connectivity index (χ4v) is 3.31. The number of anilines is 2. The summed E-state index contributed by atoms with van der Waals surface area (Å²) in [5.74, 6) is 0.898. The number of fused-ring (bicyclic) bond motifs is 1. The molecule has 1 N–H and O–H groups in total. The van der Waals surface area contributed by atoms with E-state index in [0.29, 0.717) is 0 Å². The molecule has 0 aliphatic carbocycles. The molecule has 0 fully saturated rings. The third kappa shape index (κ3) is 3.83. The molecule has 2 heterocycles. The fraction of sp³-hybridized carbons (Fsp3) is 0.200. The van der Waals surface area contributed by atoms with Gasteiger partial charge < -0.3 is 5.32 Å². The minimum Gasteiger partial charge on any atom is -0.340 e. The summed E-state index contributed by atoms with van der Waals surface area (Å²) in [4.78, 5) is 12.4. The fourth-order valence-electron chi connectivity index (χ4n) is 3.16. The highest BCUT2D eigenvalue weighted by atomic mass is 32.1. The van der Waals surface area contributed by atoms with E-state index in [1.807, 2.05) is 24.3 Å². The average Bonchev–Trinajstić information content (AvgIpc) is 2.65. The van der Waals surface area contributed by atoms with Crippen molar-refractivity contribution in [2.24, 2.45) is 0 Å². The Morgan fingerprint density at radius 2 is 1.80 bits per heavy atom. The van der Waals surface area contributed by atoms with Crippen molar-refractivity contribution >= 4 is 24.1 Å². The summed E-state index contributed by atoms with van der Waals surface area (Å²) in [5, 5.41) is 3.43. The number of nitrogens with one attached hydrogen (secondary N) is 1. The maximum absolute atomic E-state index is 4.49. The molecule has 0 bridgehead atoms. The van der Waals surface area contributed by atoms with E-state index in [0.717, 1.165) is 48.1 Å². The van der Waals surface area contributed by atoms with E-state index in [4.69, 9.17) is 0 Å². The lowest BCUT2D eigenvalue weighted by Crippen LogP contribution is -2.31. The molecule has 25 heavy (non-hydrogen) atoms. The van der Waals surface area contributed by atoms with Crippen LogP contribution >= 0.6 is 12.6 Å². The first-order valence-electron chi connectivity index (χ1n) is 8.43. The Balaban J connectivity index is 1.55. The standard InChI is InChI=1S/C20H20N4S/c25-17-8-6-16(7-9-17)23-20-18-13-24(11-10-19(18)21-14-22-20)12-15-4-2-1-3-5-15/h1-9,14,25H,10-13H2,(H,21,22,23). The summed E-state index contributed by atoms with van der Waals surface area (Å²) in [6.07, 6.45) is 2.61. The largest absolute Gasteiger partial charge is 0.340 e. The molecule has 0 spiro atoms. The number of nitrogens with zero attached hydrogens (tertiary/aromatic N) is 3. The van der Waals surface area contributed by atoms with Gasteiger partial charge in [0.05, 0.1) is 5.69 Å². The van der Waals surface area contributed by atoms with Gasteiger partial charge in [-0.2, -0.15) is 0 Å². The summed E-state index contributed by atoms with van der Waals surface area (Å²) in [6.45, 7) is 2.83. The van der Waals surface area contributed by atoms with Crippen molar-refractivity contribution in [3.63, 3.8) is 0 Å². The molecule has 5 heteroatoms. The van der Waals surface area contributed by atoms with Gasteiger partial charge in [-0.05, 0) is 29.8 Å². The van der Waals surface area contributed by atoms with E-state index in [2.05, 4.69) is 63.1 Å². The highest BCUT2D eigenvalue weighted by Crippen LogP contribution is 2.26. The summed E-state index contributed by atoms with van der Waals surface area (Å²) < 4.78 is 0. The Kier molecular flexibility index (Phi) is 4.68. The van der Waals surface area contributed by atoms with E-state index in [1.54, 1.807) is 6.33 Å². The average molecular weight is 348 g/mol. The molecule has 0 atom stereocenters. The lowest BCUT2D eigenvalue weighted by molar-refractivity contribution is 0.243. The number of thiol groups is 1. The van der Waals surface area contributed by atoms with Crippen LogP contribution in [0.2, 0.25) is 0 Å². The van der Waals surface area contributed by atoms with Crippen LogP contribution in [-0.4, -0.2) is 21.4 Å². The van der Waals surface area contributed by atoms with Crippen LogP contribution in [0.1, 0.15) is 16.8 Å². The van der Waals surface area contributed by atoms with Gasteiger partial charge in [0.2, 0.25) is 0 Å². The first-order valence-corrected chi connectivity index (χ1v) is 8.88. The zero-order valence-electron chi connectivity index (χ0n) is 13.9. The van der Waals surface area contributed by atoms with Crippen LogP contribution < -0.4 is 5.32 Å². The first kappa shape index (κ1) is 16.1. The van der Waals surface area contributed by atoms with E-state index >= 15 is 0 Å². The molecule has 0 saturated carbocycles. The van der Waals surface area contributed by atoms with Gasteiger partial charge in [0.25, 0.3) is 0 Å². The second kappa shape index (κ2) is 7.25. The molecule has 1 aliphatic rings. The molecule has 1 aliphatic heterocycles. The van der Waals surface area contributed by atoms with Crippen molar-refractivity contribution in [1.29, 1.82) is 0 Å². The normalized spacial score (nSPS) is 14.1. The van der Waals surface area contributed by atoms with E-state index in [-0.39, 0.29) is 0 Å². The Hall–Kier alpha value is -2.37. The molecular formula is C20H20N4S. The highest BCUT2D eigenvalue weighted by molar-refractivity contribution is 7.80. The summed E-state index contributed by atoms with van der Waals surface area (Å²) in [7, 11) is 0. The van der Waals surface area contributed by atoms with Gasteiger partial charge in [-0.15, -0.1) is 12.6 Å². The lowest BCUT2D eigenvalue weighted by Gasteiger charge is -2.29. The maximum atomic E-state index is 4.49. The maximum Gasteiger partial charge on any atom is 0.138 e. The van der Waals surface area contributed by atoms with Crippen LogP contribution in [0.25, 0.3) is 0 Å². The van der Waals surface area contributed by atoms with Crippen molar-refractivity contribution in [2.75, 3.05) is 11.9 Å². The van der Waals surface area contributed by atoms with Crippen molar-refractivity contribution in [3.8, 4) is 0 Å². The molecule has 0 amide bonds. The number of hydrogen-bond donors (Lipinski definition) is 2. The minimum absolute atomic E-state index is 0.859. The molecule has 3 aromatic rings. The number of benzene rings is 2. The monoisotopic (exact) mass is 348 g/mol. The van der Waals surface area contributed by atoms with Crippen LogP contribution in [0, 0.1) is 0 Å². The van der Waals surface area contributed by atoms with Crippen molar-refractivity contribution in [3.05, 3.63) is 77.7 Å².